The number of aromatic nitrogens is 2. The molecule has 2 rings (SSSR count). The molecular formula is C10H13ClN2O2. The monoisotopic (exact) mass is 228 g/mol. The van der Waals surface area contributed by atoms with E-state index in [2.05, 4.69) is 9.97 Å². The summed E-state index contributed by atoms with van der Waals surface area (Å²) in [6.07, 6.45) is 6.23. The van der Waals surface area contributed by atoms with Crippen molar-refractivity contribution in [2.75, 3.05) is 6.61 Å². The third-order valence-corrected chi connectivity index (χ3v) is 3.03. The normalized spacial score (nSPS) is 16.9. The van der Waals surface area contributed by atoms with Gasteiger partial charge in [-0.25, -0.2) is 4.98 Å². The highest BCUT2D eigenvalue weighted by Crippen LogP contribution is 2.26. The number of rotatable bonds is 3. The number of nitrogens with zero attached hydrogens (tertiary/aromatic N) is 1. The van der Waals surface area contributed by atoms with Gasteiger partial charge in [-0.3, -0.25) is 4.79 Å². The first-order valence-corrected chi connectivity index (χ1v) is 5.51. The van der Waals surface area contributed by atoms with Gasteiger partial charge in [-0.05, 0) is 18.8 Å². The van der Waals surface area contributed by atoms with E-state index in [9.17, 15) is 4.79 Å². The summed E-state index contributed by atoms with van der Waals surface area (Å²) in [6, 6.07) is 0. The fourth-order valence-electron chi connectivity index (χ4n) is 1.84. The number of halogens is 1. The van der Waals surface area contributed by atoms with Gasteiger partial charge in [0.2, 0.25) is 5.88 Å². The van der Waals surface area contributed by atoms with Crippen molar-refractivity contribution in [3.05, 3.63) is 21.7 Å². The molecule has 82 valence electrons. The fraction of sp³-hybridized carbons (Fsp3) is 0.600. The van der Waals surface area contributed by atoms with Crippen molar-refractivity contribution in [3.63, 3.8) is 0 Å². The molecule has 15 heavy (non-hydrogen) atoms. The van der Waals surface area contributed by atoms with Crippen LogP contribution in [-0.4, -0.2) is 16.6 Å². The van der Waals surface area contributed by atoms with Crippen LogP contribution in [0.5, 0.6) is 5.88 Å². The lowest BCUT2D eigenvalue weighted by Gasteiger charge is -2.10. The Labute approximate surface area is 92.6 Å². The van der Waals surface area contributed by atoms with Crippen LogP contribution < -0.4 is 10.3 Å². The molecule has 0 aromatic carbocycles. The zero-order valence-electron chi connectivity index (χ0n) is 8.33. The van der Waals surface area contributed by atoms with Crippen molar-refractivity contribution < 1.29 is 4.74 Å². The van der Waals surface area contributed by atoms with Crippen molar-refractivity contribution in [2.45, 2.75) is 25.7 Å². The quantitative estimate of drug-likeness (QED) is 0.861. The number of aromatic amines is 1. The van der Waals surface area contributed by atoms with E-state index in [1.807, 2.05) is 0 Å². The highest BCUT2D eigenvalue weighted by molar-refractivity contribution is 6.31. The van der Waals surface area contributed by atoms with E-state index in [-0.39, 0.29) is 16.5 Å². The highest BCUT2D eigenvalue weighted by Gasteiger charge is 2.16. The average molecular weight is 229 g/mol. The first-order chi connectivity index (χ1) is 7.27. The predicted octanol–water partition coefficient (Wildman–Crippen LogP) is 1.99. The molecule has 5 heteroatoms. The Kier molecular flexibility index (Phi) is 3.26. The summed E-state index contributed by atoms with van der Waals surface area (Å²) in [7, 11) is 0. The molecule has 1 saturated carbocycles. The van der Waals surface area contributed by atoms with Crippen LogP contribution in [0, 0.1) is 5.92 Å². The first kappa shape index (κ1) is 10.5. The van der Waals surface area contributed by atoms with Gasteiger partial charge < -0.3 is 9.72 Å². The molecule has 1 heterocycles. The molecule has 1 aromatic rings. The second kappa shape index (κ2) is 4.66. The fourth-order valence-corrected chi connectivity index (χ4v) is 2.00. The van der Waals surface area contributed by atoms with Crippen LogP contribution >= 0.6 is 11.6 Å². The SMILES string of the molecule is O=c1[nH]cnc(OCC2CCCC2)c1Cl. The molecule has 0 aliphatic heterocycles. The minimum Gasteiger partial charge on any atom is -0.476 e. The van der Waals surface area contributed by atoms with Crippen molar-refractivity contribution in [1.82, 2.24) is 9.97 Å². The van der Waals surface area contributed by atoms with Gasteiger partial charge in [0.1, 0.15) is 0 Å². The Morgan fingerprint density at radius 3 is 3.00 bits per heavy atom. The maximum Gasteiger partial charge on any atom is 0.273 e. The predicted molar refractivity (Wildman–Crippen MR) is 57.3 cm³/mol. The molecule has 1 aromatic heterocycles. The van der Waals surface area contributed by atoms with E-state index in [4.69, 9.17) is 16.3 Å². The summed E-state index contributed by atoms with van der Waals surface area (Å²) < 4.78 is 5.44. The molecule has 0 saturated heterocycles. The molecule has 1 fully saturated rings. The summed E-state index contributed by atoms with van der Waals surface area (Å²) in [5, 5.41) is 0.0375. The minimum atomic E-state index is -0.354. The van der Waals surface area contributed by atoms with E-state index in [0.29, 0.717) is 12.5 Å². The topological polar surface area (TPSA) is 55.0 Å². The highest BCUT2D eigenvalue weighted by atomic mass is 35.5. The molecule has 0 bridgehead atoms. The first-order valence-electron chi connectivity index (χ1n) is 5.13. The van der Waals surface area contributed by atoms with Crippen LogP contribution in [0.15, 0.2) is 11.1 Å². The standard InChI is InChI=1S/C10H13ClN2O2/c11-8-9(14)12-6-13-10(8)15-5-7-3-1-2-4-7/h6-7H,1-5H2,(H,12,13,14). The van der Waals surface area contributed by atoms with Gasteiger partial charge in [-0.1, -0.05) is 24.4 Å². The summed E-state index contributed by atoms with van der Waals surface area (Å²) in [5.74, 6) is 0.828. The summed E-state index contributed by atoms with van der Waals surface area (Å²) in [5.41, 5.74) is -0.354. The van der Waals surface area contributed by atoms with E-state index < -0.39 is 0 Å². The van der Waals surface area contributed by atoms with E-state index in [1.165, 1.54) is 32.0 Å². The van der Waals surface area contributed by atoms with Gasteiger partial charge in [0.15, 0.2) is 5.02 Å². The maximum atomic E-state index is 11.1. The second-order valence-electron chi connectivity index (χ2n) is 3.81. The third-order valence-electron chi connectivity index (χ3n) is 2.70. The van der Waals surface area contributed by atoms with Crippen LogP contribution in [0.2, 0.25) is 5.02 Å². The Hall–Kier alpha value is -1.03. The smallest absolute Gasteiger partial charge is 0.273 e. The molecule has 0 amide bonds. The summed E-state index contributed by atoms with van der Waals surface area (Å²) in [6.45, 7) is 0.607. The van der Waals surface area contributed by atoms with E-state index in [1.54, 1.807) is 0 Å². The van der Waals surface area contributed by atoms with Crippen molar-refractivity contribution in [1.29, 1.82) is 0 Å². The van der Waals surface area contributed by atoms with Gasteiger partial charge in [-0.15, -0.1) is 0 Å². The molecule has 0 spiro atoms. The van der Waals surface area contributed by atoms with Gasteiger partial charge in [0.25, 0.3) is 5.56 Å². The Morgan fingerprint density at radius 1 is 1.53 bits per heavy atom. The lowest BCUT2D eigenvalue weighted by Crippen LogP contribution is -2.13. The van der Waals surface area contributed by atoms with Crippen LogP contribution in [-0.2, 0) is 0 Å². The van der Waals surface area contributed by atoms with Crippen LogP contribution in [0.3, 0.4) is 0 Å². The molecule has 1 N–H and O–H groups in total. The van der Waals surface area contributed by atoms with Gasteiger partial charge in [0.05, 0.1) is 12.9 Å². The van der Waals surface area contributed by atoms with E-state index in [0.717, 1.165) is 0 Å². The maximum absolute atomic E-state index is 11.1. The molecule has 4 nitrogen and oxygen atoms in total. The summed E-state index contributed by atoms with van der Waals surface area (Å²) >= 11 is 5.75. The molecule has 1 aliphatic carbocycles. The Morgan fingerprint density at radius 2 is 2.27 bits per heavy atom. The summed E-state index contributed by atoms with van der Waals surface area (Å²) in [4.78, 5) is 17.4. The lowest BCUT2D eigenvalue weighted by atomic mass is 10.1. The van der Waals surface area contributed by atoms with Crippen molar-refractivity contribution >= 4 is 11.6 Å². The average Bonchev–Trinajstić information content (AvgIpc) is 2.73. The molecule has 1 aliphatic rings. The number of nitrogens with one attached hydrogen (secondary N) is 1. The van der Waals surface area contributed by atoms with Gasteiger partial charge in [-0.2, -0.15) is 0 Å². The minimum absolute atomic E-state index is 0.0375. The number of hydrogen-bond acceptors (Lipinski definition) is 3. The van der Waals surface area contributed by atoms with Crippen molar-refractivity contribution in [3.8, 4) is 5.88 Å². The Bertz CT molecular complexity index is 385. The van der Waals surface area contributed by atoms with Crippen LogP contribution in [0.1, 0.15) is 25.7 Å². The largest absolute Gasteiger partial charge is 0.476 e. The zero-order valence-corrected chi connectivity index (χ0v) is 9.09. The number of hydrogen-bond donors (Lipinski definition) is 1. The molecule has 0 unspecified atom stereocenters. The van der Waals surface area contributed by atoms with E-state index >= 15 is 0 Å². The number of ether oxygens (including phenoxy) is 1. The molecular weight excluding hydrogens is 216 g/mol. The zero-order chi connectivity index (χ0) is 10.7. The van der Waals surface area contributed by atoms with Crippen molar-refractivity contribution in [2.24, 2.45) is 5.92 Å². The third kappa shape index (κ3) is 2.50. The second-order valence-corrected chi connectivity index (χ2v) is 4.19. The van der Waals surface area contributed by atoms with Crippen LogP contribution in [0.25, 0.3) is 0 Å². The lowest BCUT2D eigenvalue weighted by molar-refractivity contribution is 0.243. The molecule has 0 radical (unpaired) electrons. The van der Waals surface area contributed by atoms with Crippen LogP contribution in [0.4, 0.5) is 0 Å². The van der Waals surface area contributed by atoms with Gasteiger partial charge in [0, 0.05) is 0 Å². The number of H-pyrrole nitrogens is 1. The molecule has 0 atom stereocenters. The van der Waals surface area contributed by atoms with Gasteiger partial charge >= 0.3 is 0 Å². The Balaban J connectivity index is 1.98.